The molecule has 0 saturated heterocycles. The molecule has 3 aromatic carbocycles. The number of hydrogen-bond donors (Lipinski definition) is 5. The third-order valence-corrected chi connectivity index (χ3v) is 7.26. The summed E-state index contributed by atoms with van der Waals surface area (Å²) in [5, 5.41) is 12.6. The largest absolute Gasteiger partial charge is 0.492 e. The second kappa shape index (κ2) is 13.3. The number of sulfonamides is 1. The van der Waals surface area contributed by atoms with Gasteiger partial charge in [0.1, 0.15) is 11.8 Å². The molecule has 0 aliphatic carbocycles. The molecule has 3 amide bonds. The van der Waals surface area contributed by atoms with E-state index in [0.29, 0.717) is 22.2 Å². The van der Waals surface area contributed by atoms with Crippen LogP contribution in [0.4, 0.5) is 27.8 Å². The van der Waals surface area contributed by atoms with Gasteiger partial charge >= 0.3 is 6.03 Å². The van der Waals surface area contributed by atoms with Crippen molar-refractivity contribution in [3.05, 3.63) is 66.4 Å². The summed E-state index contributed by atoms with van der Waals surface area (Å²) in [5.74, 6) is 0.917. The van der Waals surface area contributed by atoms with E-state index in [0.717, 1.165) is 11.8 Å². The van der Waals surface area contributed by atoms with Crippen molar-refractivity contribution in [1.29, 1.82) is 0 Å². The van der Waals surface area contributed by atoms with Crippen LogP contribution in [-0.4, -0.2) is 56.8 Å². The number of fused-ring (bicyclic) bond motifs is 1. The van der Waals surface area contributed by atoms with Gasteiger partial charge in [-0.05, 0) is 42.2 Å². The summed E-state index contributed by atoms with van der Waals surface area (Å²) in [4.78, 5) is 33.7. The SMILES string of the molecule is CNC(=O)C(C)Nc1nccc(Oc2ccc(NC(=O)Nc3cc(C(C)(C)C)cc(NS(C)(=O)=O)c3OC)c3ccccc23)n1. The molecule has 13 nitrogen and oxygen atoms in total. The Morgan fingerprint density at radius 1 is 0.933 bits per heavy atom. The molecule has 1 atom stereocenters. The van der Waals surface area contributed by atoms with Crippen LogP contribution < -0.4 is 35.5 Å². The number of methoxy groups -OCH3 is 1. The maximum absolute atomic E-state index is 13.3. The third-order valence-electron chi connectivity index (χ3n) is 6.66. The number of urea groups is 1. The van der Waals surface area contributed by atoms with Crippen LogP contribution >= 0.6 is 0 Å². The molecule has 4 aromatic rings. The van der Waals surface area contributed by atoms with Crippen molar-refractivity contribution in [2.45, 2.75) is 39.2 Å². The van der Waals surface area contributed by atoms with Crippen molar-refractivity contribution in [2.75, 3.05) is 41.1 Å². The molecular weight excluding hydrogens is 598 g/mol. The Kier molecular flexibility index (Phi) is 9.66. The number of carbonyl (C=O) groups excluding carboxylic acids is 2. The highest BCUT2D eigenvalue weighted by atomic mass is 32.2. The molecule has 0 fully saturated rings. The Bertz CT molecular complexity index is 1840. The highest BCUT2D eigenvalue weighted by molar-refractivity contribution is 7.92. The van der Waals surface area contributed by atoms with E-state index >= 15 is 0 Å². The van der Waals surface area contributed by atoms with Crippen LogP contribution in [0.15, 0.2) is 60.8 Å². The predicted molar refractivity (Wildman–Crippen MR) is 176 cm³/mol. The molecule has 0 bridgehead atoms. The molecule has 14 heteroatoms. The molecule has 5 N–H and O–H groups in total. The Morgan fingerprint density at radius 3 is 2.24 bits per heavy atom. The Hall–Kier alpha value is -5.11. The lowest BCUT2D eigenvalue weighted by Gasteiger charge is -2.24. The van der Waals surface area contributed by atoms with Crippen LogP contribution in [-0.2, 0) is 20.2 Å². The number of nitrogens with zero attached hydrogens (tertiary/aromatic N) is 2. The number of anilines is 4. The first-order valence-electron chi connectivity index (χ1n) is 14.0. The van der Waals surface area contributed by atoms with Crippen molar-refractivity contribution in [2.24, 2.45) is 0 Å². The summed E-state index contributed by atoms with van der Waals surface area (Å²) in [5.41, 5.74) is 1.42. The summed E-state index contributed by atoms with van der Waals surface area (Å²) in [6.45, 7) is 7.61. The molecule has 1 heterocycles. The molecule has 238 valence electrons. The number of likely N-dealkylation sites (N-methyl/N-ethyl adjacent to an activating group) is 1. The van der Waals surface area contributed by atoms with E-state index in [1.807, 2.05) is 45.0 Å². The van der Waals surface area contributed by atoms with E-state index in [2.05, 4.69) is 36.0 Å². The lowest BCUT2D eigenvalue weighted by Crippen LogP contribution is -2.35. The first-order chi connectivity index (χ1) is 21.2. The second-order valence-corrected chi connectivity index (χ2v) is 13.0. The topological polar surface area (TPSA) is 173 Å². The molecule has 0 radical (unpaired) electrons. The zero-order chi connectivity index (χ0) is 32.9. The smallest absolute Gasteiger partial charge is 0.323 e. The Balaban J connectivity index is 1.61. The van der Waals surface area contributed by atoms with E-state index in [9.17, 15) is 18.0 Å². The van der Waals surface area contributed by atoms with Gasteiger partial charge in [-0.25, -0.2) is 18.2 Å². The van der Waals surface area contributed by atoms with Crippen LogP contribution in [0.25, 0.3) is 10.8 Å². The zero-order valence-corrected chi connectivity index (χ0v) is 26.9. The number of nitrogens with one attached hydrogen (secondary N) is 5. The van der Waals surface area contributed by atoms with Gasteiger partial charge in [-0.3, -0.25) is 9.52 Å². The van der Waals surface area contributed by atoms with Crippen molar-refractivity contribution >= 4 is 55.7 Å². The fourth-order valence-corrected chi connectivity index (χ4v) is 5.00. The number of amides is 3. The Morgan fingerprint density at radius 2 is 1.60 bits per heavy atom. The average molecular weight is 636 g/mol. The average Bonchev–Trinajstić information content (AvgIpc) is 2.96. The number of ether oxygens (including phenoxy) is 2. The van der Waals surface area contributed by atoms with Crippen LogP contribution in [0.1, 0.15) is 33.3 Å². The summed E-state index contributed by atoms with van der Waals surface area (Å²) in [6.07, 6.45) is 2.56. The monoisotopic (exact) mass is 635 g/mol. The van der Waals surface area contributed by atoms with E-state index in [4.69, 9.17) is 9.47 Å². The van der Waals surface area contributed by atoms with Gasteiger partial charge in [-0.15, -0.1) is 0 Å². The normalized spacial score (nSPS) is 12.2. The fraction of sp³-hybridized carbons (Fsp3) is 0.290. The molecule has 0 spiro atoms. The second-order valence-electron chi connectivity index (χ2n) is 11.3. The summed E-state index contributed by atoms with van der Waals surface area (Å²) >= 11 is 0. The van der Waals surface area contributed by atoms with Gasteiger partial charge in [0.25, 0.3) is 0 Å². The van der Waals surface area contributed by atoms with Crippen molar-refractivity contribution in [3.63, 3.8) is 0 Å². The minimum Gasteiger partial charge on any atom is -0.492 e. The van der Waals surface area contributed by atoms with Gasteiger partial charge in [0, 0.05) is 30.1 Å². The summed E-state index contributed by atoms with van der Waals surface area (Å²) in [7, 11) is -0.684. The van der Waals surface area contributed by atoms with Gasteiger partial charge in [-0.1, -0.05) is 45.0 Å². The molecule has 0 saturated carbocycles. The highest BCUT2D eigenvalue weighted by Gasteiger charge is 2.22. The maximum Gasteiger partial charge on any atom is 0.323 e. The van der Waals surface area contributed by atoms with Gasteiger partial charge in [0.15, 0.2) is 5.75 Å². The lowest BCUT2D eigenvalue weighted by atomic mass is 9.86. The molecular formula is C31H37N7O6S. The first kappa shape index (κ1) is 32.8. The zero-order valence-electron chi connectivity index (χ0n) is 26.1. The van der Waals surface area contributed by atoms with Crippen LogP contribution in [0, 0.1) is 0 Å². The summed E-state index contributed by atoms with van der Waals surface area (Å²) in [6, 6.07) is 14.7. The lowest BCUT2D eigenvalue weighted by molar-refractivity contribution is -0.121. The number of hydrogen-bond acceptors (Lipinski definition) is 9. The number of carbonyl (C=O) groups is 2. The molecule has 1 unspecified atom stereocenters. The van der Waals surface area contributed by atoms with E-state index in [1.165, 1.54) is 13.3 Å². The van der Waals surface area contributed by atoms with Gasteiger partial charge in [0.05, 0.1) is 30.4 Å². The quantitative estimate of drug-likeness (QED) is 0.155. The van der Waals surface area contributed by atoms with Crippen LogP contribution in [0.5, 0.6) is 17.4 Å². The van der Waals surface area contributed by atoms with Crippen LogP contribution in [0.2, 0.25) is 0 Å². The van der Waals surface area contributed by atoms with E-state index in [-0.39, 0.29) is 40.3 Å². The number of benzene rings is 3. The summed E-state index contributed by atoms with van der Waals surface area (Å²) < 4.78 is 38.2. The van der Waals surface area contributed by atoms with Crippen molar-refractivity contribution < 1.29 is 27.5 Å². The molecule has 1 aromatic heterocycles. The fourth-order valence-electron chi connectivity index (χ4n) is 4.45. The molecule has 0 aliphatic rings. The minimum atomic E-state index is -3.63. The van der Waals surface area contributed by atoms with E-state index in [1.54, 1.807) is 44.3 Å². The van der Waals surface area contributed by atoms with Crippen molar-refractivity contribution in [3.8, 4) is 17.4 Å². The number of rotatable bonds is 10. The third kappa shape index (κ3) is 8.29. The van der Waals surface area contributed by atoms with Crippen molar-refractivity contribution in [1.82, 2.24) is 15.3 Å². The Labute approximate surface area is 262 Å². The van der Waals surface area contributed by atoms with Gasteiger partial charge in [0.2, 0.25) is 27.8 Å². The minimum absolute atomic E-state index is 0.167. The van der Waals surface area contributed by atoms with E-state index < -0.39 is 22.1 Å². The first-order valence-corrected chi connectivity index (χ1v) is 15.9. The standard InChI is InChI=1S/C31H37N7O6S/c1-18(28(39)32-5)34-29-33-15-14-26(37-29)44-25-13-12-22(20-10-8-9-11-21(20)25)35-30(40)36-23-16-19(31(2,3)4)17-24(27(23)43-6)38-45(7,41)42/h8-18,38H,1-7H3,(H,32,39)(H,33,34,37)(H2,35,36,40). The molecule has 4 rings (SSSR count). The van der Waals surface area contributed by atoms with Crippen LogP contribution in [0.3, 0.4) is 0 Å². The predicted octanol–water partition coefficient (Wildman–Crippen LogP) is 5.29. The number of aromatic nitrogens is 2. The highest BCUT2D eigenvalue weighted by Crippen LogP contribution is 2.39. The van der Waals surface area contributed by atoms with Gasteiger partial charge in [-0.2, -0.15) is 4.98 Å². The van der Waals surface area contributed by atoms with Gasteiger partial charge < -0.3 is 30.7 Å². The maximum atomic E-state index is 13.3. The molecule has 45 heavy (non-hydrogen) atoms. The molecule has 0 aliphatic heterocycles.